The fourth-order valence-corrected chi connectivity index (χ4v) is 2.33. The van der Waals surface area contributed by atoms with Gasteiger partial charge in [0.15, 0.2) is 5.13 Å². The Morgan fingerprint density at radius 2 is 2.35 bits per heavy atom. The second kappa shape index (κ2) is 5.39. The lowest BCUT2D eigenvalue weighted by molar-refractivity contribution is 0.148. The van der Waals surface area contributed by atoms with Gasteiger partial charge < -0.3 is 5.32 Å². The molecular formula is C10H13F2N3OS. The van der Waals surface area contributed by atoms with Gasteiger partial charge >= 0.3 is 6.03 Å². The third-order valence-electron chi connectivity index (χ3n) is 2.68. The van der Waals surface area contributed by atoms with Crippen molar-refractivity contribution in [3.63, 3.8) is 0 Å². The summed E-state index contributed by atoms with van der Waals surface area (Å²) in [6.45, 7) is -0.646. The third-order valence-corrected chi connectivity index (χ3v) is 3.46. The number of aromatic nitrogens is 1. The van der Waals surface area contributed by atoms with E-state index < -0.39 is 19.0 Å². The van der Waals surface area contributed by atoms with Crippen LogP contribution < -0.4 is 10.6 Å². The van der Waals surface area contributed by atoms with Crippen LogP contribution in [-0.4, -0.2) is 24.0 Å². The summed E-state index contributed by atoms with van der Waals surface area (Å²) < 4.78 is 23.7. The molecule has 0 spiro atoms. The van der Waals surface area contributed by atoms with Gasteiger partial charge in [-0.05, 0) is 12.8 Å². The highest BCUT2D eigenvalue weighted by molar-refractivity contribution is 7.13. The monoisotopic (exact) mass is 261 g/mol. The number of nitrogens with one attached hydrogen (secondary N) is 2. The van der Waals surface area contributed by atoms with Crippen LogP contribution in [0.25, 0.3) is 0 Å². The Morgan fingerprint density at radius 1 is 1.59 bits per heavy atom. The van der Waals surface area contributed by atoms with Crippen LogP contribution in [0.4, 0.5) is 18.7 Å². The van der Waals surface area contributed by atoms with Crippen LogP contribution in [0.2, 0.25) is 0 Å². The van der Waals surface area contributed by atoms with Crippen molar-refractivity contribution >= 4 is 22.5 Å². The van der Waals surface area contributed by atoms with Crippen molar-refractivity contribution < 1.29 is 13.6 Å². The van der Waals surface area contributed by atoms with Crippen LogP contribution in [-0.2, 0) is 0 Å². The number of hydrogen-bond acceptors (Lipinski definition) is 3. The molecule has 1 aromatic rings. The largest absolute Gasteiger partial charge is 0.332 e. The molecule has 1 aromatic heterocycles. The van der Waals surface area contributed by atoms with Gasteiger partial charge in [-0.3, -0.25) is 5.32 Å². The number of carbonyl (C=O) groups is 1. The number of amides is 2. The van der Waals surface area contributed by atoms with E-state index in [1.54, 1.807) is 0 Å². The van der Waals surface area contributed by atoms with Gasteiger partial charge in [-0.1, -0.05) is 6.42 Å². The number of urea groups is 1. The molecule has 0 radical (unpaired) electrons. The maximum absolute atomic E-state index is 11.8. The predicted octanol–water partition coefficient (Wildman–Crippen LogP) is 2.80. The van der Waals surface area contributed by atoms with Crippen LogP contribution in [0.5, 0.6) is 0 Å². The van der Waals surface area contributed by atoms with E-state index in [-0.39, 0.29) is 0 Å². The van der Waals surface area contributed by atoms with Gasteiger partial charge in [-0.25, -0.2) is 18.6 Å². The number of alkyl halides is 2. The molecule has 2 amide bonds. The van der Waals surface area contributed by atoms with Crippen LogP contribution in [0, 0.1) is 0 Å². The molecule has 2 rings (SSSR count). The molecule has 0 bridgehead atoms. The van der Waals surface area contributed by atoms with Crippen molar-refractivity contribution in [2.24, 2.45) is 0 Å². The summed E-state index contributed by atoms with van der Waals surface area (Å²) >= 11 is 1.32. The molecule has 1 fully saturated rings. The first kappa shape index (κ1) is 12.2. The minimum atomic E-state index is -2.54. The molecule has 4 nitrogen and oxygen atoms in total. The van der Waals surface area contributed by atoms with E-state index in [1.807, 2.05) is 5.38 Å². The first-order chi connectivity index (χ1) is 8.15. The van der Waals surface area contributed by atoms with Crippen molar-refractivity contribution in [3.8, 4) is 0 Å². The molecule has 94 valence electrons. The predicted molar refractivity (Wildman–Crippen MR) is 61.7 cm³/mol. The summed E-state index contributed by atoms with van der Waals surface area (Å²) in [5.41, 5.74) is 0.991. The van der Waals surface area contributed by atoms with E-state index >= 15 is 0 Å². The van der Waals surface area contributed by atoms with Gasteiger partial charge in [-0.2, -0.15) is 0 Å². The van der Waals surface area contributed by atoms with E-state index in [1.165, 1.54) is 17.8 Å². The Bertz CT molecular complexity index is 393. The quantitative estimate of drug-likeness (QED) is 0.875. The minimum Gasteiger partial charge on any atom is -0.332 e. The molecule has 1 aliphatic rings. The number of rotatable bonds is 4. The smallest absolute Gasteiger partial charge is 0.321 e. The zero-order valence-corrected chi connectivity index (χ0v) is 9.90. The average Bonchev–Trinajstić information content (AvgIpc) is 2.60. The second-order valence-corrected chi connectivity index (χ2v) is 4.79. The molecule has 0 atom stereocenters. The number of thiazole rings is 1. The summed E-state index contributed by atoms with van der Waals surface area (Å²) in [5.74, 6) is 0.505. The van der Waals surface area contributed by atoms with Gasteiger partial charge in [0, 0.05) is 11.3 Å². The number of hydrogen-bond donors (Lipinski definition) is 2. The van der Waals surface area contributed by atoms with Crippen molar-refractivity contribution in [1.29, 1.82) is 0 Å². The number of nitrogens with zero attached hydrogens (tertiary/aromatic N) is 1. The van der Waals surface area contributed by atoms with Crippen LogP contribution in [0.1, 0.15) is 30.9 Å². The van der Waals surface area contributed by atoms with Crippen LogP contribution in [0.3, 0.4) is 0 Å². The lowest BCUT2D eigenvalue weighted by Gasteiger charge is -2.22. The molecule has 7 heteroatoms. The molecular weight excluding hydrogens is 248 g/mol. The fourth-order valence-electron chi connectivity index (χ4n) is 1.55. The topological polar surface area (TPSA) is 54.0 Å². The first-order valence-electron chi connectivity index (χ1n) is 5.43. The fraction of sp³-hybridized carbons (Fsp3) is 0.600. The lowest BCUT2D eigenvalue weighted by atomic mass is 9.83. The van der Waals surface area contributed by atoms with E-state index in [2.05, 4.69) is 15.6 Å². The third kappa shape index (κ3) is 3.36. The first-order valence-corrected chi connectivity index (χ1v) is 6.31. The normalized spacial score (nSPS) is 15.7. The van der Waals surface area contributed by atoms with E-state index in [9.17, 15) is 13.6 Å². The van der Waals surface area contributed by atoms with E-state index in [0.29, 0.717) is 11.0 Å². The Balaban J connectivity index is 1.81. The van der Waals surface area contributed by atoms with E-state index in [0.717, 1.165) is 18.5 Å². The van der Waals surface area contributed by atoms with Crippen LogP contribution in [0.15, 0.2) is 5.38 Å². The lowest BCUT2D eigenvalue weighted by Crippen LogP contribution is -2.32. The Hall–Kier alpha value is -1.24. The summed E-state index contributed by atoms with van der Waals surface area (Å²) in [4.78, 5) is 15.4. The standard InChI is InChI=1S/C10H13F2N3OS/c11-8(12)4-13-9(16)15-10-14-7(5-17-10)6-2-1-3-6/h5-6,8H,1-4H2,(H2,13,14,15,16). The Labute approximate surface area is 101 Å². The molecule has 2 N–H and O–H groups in total. The molecule has 0 aliphatic heterocycles. The molecule has 1 heterocycles. The molecule has 0 aromatic carbocycles. The second-order valence-electron chi connectivity index (χ2n) is 3.93. The number of anilines is 1. The number of carbonyl (C=O) groups excluding carboxylic acids is 1. The number of halogens is 2. The molecule has 1 saturated carbocycles. The summed E-state index contributed by atoms with van der Waals surface area (Å²) in [6.07, 6.45) is 0.962. The zero-order valence-electron chi connectivity index (χ0n) is 9.08. The Morgan fingerprint density at radius 3 is 2.94 bits per heavy atom. The molecule has 0 unspecified atom stereocenters. The van der Waals surface area contributed by atoms with Gasteiger partial charge in [0.05, 0.1) is 12.2 Å². The van der Waals surface area contributed by atoms with E-state index in [4.69, 9.17) is 0 Å². The summed E-state index contributed by atoms with van der Waals surface area (Å²) in [6, 6.07) is -0.639. The molecule has 17 heavy (non-hydrogen) atoms. The zero-order chi connectivity index (χ0) is 12.3. The van der Waals surface area contributed by atoms with Gasteiger partial charge in [0.1, 0.15) is 0 Å². The minimum absolute atomic E-state index is 0.457. The van der Waals surface area contributed by atoms with Crippen molar-refractivity contribution in [1.82, 2.24) is 10.3 Å². The van der Waals surface area contributed by atoms with Gasteiger partial charge in [0.25, 0.3) is 6.43 Å². The van der Waals surface area contributed by atoms with Crippen molar-refractivity contribution in [3.05, 3.63) is 11.1 Å². The summed E-state index contributed by atoms with van der Waals surface area (Å²) in [5, 5.41) is 6.87. The molecule has 0 saturated heterocycles. The van der Waals surface area contributed by atoms with Crippen molar-refractivity contribution in [2.45, 2.75) is 31.6 Å². The van der Waals surface area contributed by atoms with Gasteiger partial charge in [0.2, 0.25) is 0 Å². The maximum Gasteiger partial charge on any atom is 0.321 e. The maximum atomic E-state index is 11.8. The SMILES string of the molecule is O=C(NCC(F)F)Nc1nc(C2CCC2)cs1. The highest BCUT2D eigenvalue weighted by atomic mass is 32.1. The highest BCUT2D eigenvalue weighted by Crippen LogP contribution is 2.37. The van der Waals surface area contributed by atoms with Crippen molar-refractivity contribution in [2.75, 3.05) is 11.9 Å². The van der Waals surface area contributed by atoms with Gasteiger partial charge in [-0.15, -0.1) is 11.3 Å². The molecule has 1 aliphatic carbocycles. The highest BCUT2D eigenvalue weighted by Gasteiger charge is 2.22. The average molecular weight is 261 g/mol. The van der Waals surface area contributed by atoms with Crippen LogP contribution >= 0.6 is 11.3 Å². The summed E-state index contributed by atoms with van der Waals surface area (Å²) in [7, 11) is 0. The Kier molecular flexibility index (Phi) is 3.88.